The van der Waals surface area contributed by atoms with Crippen molar-refractivity contribution < 1.29 is 4.74 Å². The molecule has 0 bridgehead atoms. The summed E-state index contributed by atoms with van der Waals surface area (Å²) in [7, 11) is 0. The number of hydrogen-bond acceptors (Lipinski definition) is 4. The van der Waals surface area contributed by atoms with Crippen LogP contribution in [0.3, 0.4) is 0 Å². The van der Waals surface area contributed by atoms with E-state index < -0.39 is 0 Å². The Morgan fingerprint density at radius 1 is 1.14 bits per heavy atom. The maximum atomic E-state index is 5.22. The van der Waals surface area contributed by atoms with Gasteiger partial charge < -0.3 is 9.64 Å². The second kappa shape index (κ2) is 6.10. The Hall–Kier alpha value is -1.42. The fraction of sp³-hybridized carbons (Fsp3) is 0.400. The van der Waals surface area contributed by atoms with Gasteiger partial charge in [-0.1, -0.05) is 0 Å². The molecule has 4 nitrogen and oxygen atoms in total. The zero-order valence-electron chi connectivity index (χ0n) is 8.22. The topological polar surface area (TPSA) is 38.2 Å². The first-order valence-electron chi connectivity index (χ1n) is 4.56. The molecule has 4 heteroatoms. The van der Waals surface area contributed by atoms with E-state index in [1.54, 1.807) is 12.4 Å². The van der Waals surface area contributed by atoms with Crippen LogP contribution in [0.2, 0.25) is 0 Å². The molecule has 76 valence electrons. The lowest BCUT2D eigenvalue weighted by molar-refractivity contribution is 0.122. The maximum Gasteiger partial charge on any atom is 0.225 e. The second-order valence-corrected chi connectivity index (χ2v) is 2.65. The van der Waals surface area contributed by atoms with E-state index in [9.17, 15) is 0 Å². The molecule has 1 aliphatic heterocycles. The monoisotopic (exact) mass is 193 g/mol. The molecule has 1 saturated heterocycles. The number of morpholine rings is 1. The van der Waals surface area contributed by atoms with Gasteiger partial charge in [-0.15, -0.1) is 13.2 Å². The van der Waals surface area contributed by atoms with Crippen LogP contribution in [0, 0.1) is 0 Å². The zero-order valence-corrected chi connectivity index (χ0v) is 8.22. The van der Waals surface area contributed by atoms with Gasteiger partial charge in [0.15, 0.2) is 0 Å². The second-order valence-electron chi connectivity index (χ2n) is 2.65. The van der Waals surface area contributed by atoms with Crippen molar-refractivity contribution in [1.82, 2.24) is 9.97 Å². The van der Waals surface area contributed by atoms with E-state index in [2.05, 4.69) is 28.0 Å². The minimum Gasteiger partial charge on any atom is -0.378 e. The molecule has 14 heavy (non-hydrogen) atoms. The fourth-order valence-corrected chi connectivity index (χ4v) is 1.22. The van der Waals surface area contributed by atoms with Crippen LogP contribution in [-0.4, -0.2) is 36.3 Å². The average Bonchev–Trinajstić information content (AvgIpc) is 2.34. The molecule has 1 aliphatic rings. The molecule has 0 N–H and O–H groups in total. The summed E-state index contributed by atoms with van der Waals surface area (Å²) in [5.74, 6) is 0.806. The number of nitrogens with zero attached hydrogens (tertiary/aromatic N) is 3. The predicted molar refractivity (Wildman–Crippen MR) is 56.3 cm³/mol. The third-order valence-electron chi connectivity index (χ3n) is 1.85. The first kappa shape index (κ1) is 10.7. The van der Waals surface area contributed by atoms with Gasteiger partial charge in [0.25, 0.3) is 0 Å². The van der Waals surface area contributed by atoms with Crippen LogP contribution in [0.4, 0.5) is 5.95 Å². The number of rotatable bonds is 1. The molecule has 0 radical (unpaired) electrons. The Morgan fingerprint density at radius 2 is 1.71 bits per heavy atom. The van der Waals surface area contributed by atoms with Gasteiger partial charge in [0.1, 0.15) is 0 Å². The molecular weight excluding hydrogens is 178 g/mol. The Morgan fingerprint density at radius 3 is 2.29 bits per heavy atom. The highest BCUT2D eigenvalue weighted by Gasteiger charge is 2.11. The number of ether oxygens (including phenoxy) is 1. The van der Waals surface area contributed by atoms with Crippen molar-refractivity contribution in [3.63, 3.8) is 0 Å². The van der Waals surface area contributed by atoms with E-state index in [-0.39, 0.29) is 0 Å². The Bertz CT molecular complexity index is 247. The molecule has 1 aromatic heterocycles. The smallest absolute Gasteiger partial charge is 0.225 e. The Kier molecular flexibility index (Phi) is 4.64. The largest absolute Gasteiger partial charge is 0.378 e. The summed E-state index contributed by atoms with van der Waals surface area (Å²) in [5, 5.41) is 0. The highest BCUT2D eigenvalue weighted by atomic mass is 16.5. The maximum absolute atomic E-state index is 5.22. The number of anilines is 1. The fourth-order valence-electron chi connectivity index (χ4n) is 1.22. The molecule has 0 unspecified atom stereocenters. The standard InChI is InChI=1S/C8H11N3O.C2H4/c1-2-9-8(10-3-1)11-4-6-12-7-5-11;1-2/h1-3H,4-7H2;1-2H2. The summed E-state index contributed by atoms with van der Waals surface area (Å²) >= 11 is 0. The number of hydrogen-bond donors (Lipinski definition) is 0. The highest BCUT2D eigenvalue weighted by Crippen LogP contribution is 2.06. The lowest BCUT2D eigenvalue weighted by atomic mass is 10.4. The van der Waals surface area contributed by atoms with Gasteiger partial charge in [0.2, 0.25) is 5.95 Å². The van der Waals surface area contributed by atoms with E-state index in [1.807, 2.05) is 6.07 Å². The molecule has 2 rings (SSSR count). The molecule has 0 amide bonds. The molecule has 0 aromatic carbocycles. The Labute approximate surface area is 84.2 Å². The van der Waals surface area contributed by atoms with E-state index in [4.69, 9.17) is 4.74 Å². The van der Waals surface area contributed by atoms with E-state index >= 15 is 0 Å². The number of aromatic nitrogens is 2. The van der Waals surface area contributed by atoms with E-state index in [0.717, 1.165) is 32.3 Å². The van der Waals surface area contributed by atoms with Crippen molar-refractivity contribution >= 4 is 5.95 Å². The molecule has 0 saturated carbocycles. The van der Waals surface area contributed by atoms with Crippen LogP contribution < -0.4 is 4.90 Å². The van der Waals surface area contributed by atoms with Gasteiger partial charge in [-0.25, -0.2) is 9.97 Å². The van der Waals surface area contributed by atoms with Crippen LogP contribution in [-0.2, 0) is 4.74 Å². The summed E-state index contributed by atoms with van der Waals surface area (Å²) in [6.45, 7) is 9.34. The van der Waals surface area contributed by atoms with Crippen LogP contribution in [0.25, 0.3) is 0 Å². The van der Waals surface area contributed by atoms with E-state index in [0.29, 0.717) is 0 Å². The molecule has 0 aliphatic carbocycles. The lowest BCUT2D eigenvalue weighted by Crippen LogP contribution is -2.37. The molecular formula is C10H15N3O. The van der Waals surface area contributed by atoms with E-state index in [1.165, 1.54) is 0 Å². The minimum absolute atomic E-state index is 0.776. The van der Waals surface area contributed by atoms with Crippen LogP contribution >= 0.6 is 0 Å². The molecule has 0 atom stereocenters. The van der Waals surface area contributed by atoms with Crippen molar-refractivity contribution in [2.45, 2.75) is 0 Å². The van der Waals surface area contributed by atoms with Gasteiger partial charge in [0, 0.05) is 25.5 Å². The normalized spacial score (nSPS) is 15.6. The summed E-state index contributed by atoms with van der Waals surface area (Å²) in [6.07, 6.45) is 3.52. The van der Waals surface area contributed by atoms with Crippen LogP contribution in [0.1, 0.15) is 0 Å². The summed E-state index contributed by atoms with van der Waals surface area (Å²) < 4.78 is 5.22. The highest BCUT2D eigenvalue weighted by molar-refractivity contribution is 5.28. The van der Waals surface area contributed by atoms with Gasteiger partial charge in [-0.3, -0.25) is 0 Å². The van der Waals surface area contributed by atoms with Gasteiger partial charge in [-0.05, 0) is 6.07 Å². The lowest BCUT2D eigenvalue weighted by Gasteiger charge is -2.26. The van der Waals surface area contributed by atoms with Crippen molar-refractivity contribution in [1.29, 1.82) is 0 Å². The first-order chi connectivity index (χ1) is 6.97. The molecule has 0 spiro atoms. The van der Waals surface area contributed by atoms with Gasteiger partial charge in [-0.2, -0.15) is 0 Å². The van der Waals surface area contributed by atoms with Crippen molar-refractivity contribution in [2.75, 3.05) is 31.2 Å². The summed E-state index contributed by atoms with van der Waals surface area (Å²) in [5.41, 5.74) is 0. The van der Waals surface area contributed by atoms with Crippen LogP contribution in [0.5, 0.6) is 0 Å². The van der Waals surface area contributed by atoms with Crippen molar-refractivity contribution in [3.05, 3.63) is 31.6 Å². The van der Waals surface area contributed by atoms with Gasteiger partial charge >= 0.3 is 0 Å². The summed E-state index contributed by atoms with van der Waals surface area (Å²) in [4.78, 5) is 10.5. The summed E-state index contributed by atoms with van der Waals surface area (Å²) in [6, 6.07) is 1.82. The molecule has 2 heterocycles. The molecule has 1 aromatic rings. The Balaban J connectivity index is 0.000000461. The van der Waals surface area contributed by atoms with Crippen molar-refractivity contribution in [2.24, 2.45) is 0 Å². The molecule has 1 fully saturated rings. The third-order valence-corrected chi connectivity index (χ3v) is 1.85. The predicted octanol–water partition coefficient (Wildman–Crippen LogP) is 1.12. The minimum atomic E-state index is 0.776. The average molecular weight is 193 g/mol. The quantitative estimate of drug-likeness (QED) is 0.626. The first-order valence-corrected chi connectivity index (χ1v) is 4.56. The third kappa shape index (κ3) is 2.81. The van der Waals surface area contributed by atoms with Gasteiger partial charge in [0.05, 0.1) is 13.2 Å². The zero-order chi connectivity index (χ0) is 10.2. The van der Waals surface area contributed by atoms with Crippen molar-refractivity contribution in [3.8, 4) is 0 Å². The SMILES string of the molecule is C=C.c1cnc(N2CCOCC2)nc1. The van der Waals surface area contributed by atoms with Crippen LogP contribution in [0.15, 0.2) is 31.6 Å².